The van der Waals surface area contributed by atoms with Crippen LogP contribution in [0.1, 0.15) is 25.7 Å². The quantitative estimate of drug-likeness (QED) is 0.272. The Labute approximate surface area is 160 Å². The number of hydrogen-bond donors (Lipinski definition) is 0. The maximum absolute atomic E-state index is 14.5. The molecule has 2 aromatic heterocycles. The third kappa shape index (κ3) is 2.69. The molecule has 5 nitrogen and oxygen atoms in total. The molecule has 0 bridgehead atoms. The number of benzene rings is 1. The molecule has 4 rings (SSSR count). The van der Waals surface area contributed by atoms with Crippen LogP contribution in [0.15, 0.2) is 6.33 Å². The van der Waals surface area contributed by atoms with Gasteiger partial charge in [-0.2, -0.15) is 19.6 Å². The predicted octanol–water partition coefficient (Wildman–Crippen LogP) is 4.52. The molecule has 1 aliphatic carbocycles. The highest BCUT2D eigenvalue weighted by atomic mass is 35.5. The van der Waals surface area contributed by atoms with Crippen LogP contribution in [-0.4, -0.2) is 32.7 Å². The number of hydrogen-bond acceptors (Lipinski definition) is 4. The second-order valence-electron chi connectivity index (χ2n) is 6.57. The van der Waals surface area contributed by atoms with Gasteiger partial charge in [0.1, 0.15) is 17.3 Å². The molecule has 1 aliphatic rings. The van der Waals surface area contributed by atoms with Crippen LogP contribution in [0.4, 0.5) is 27.8 Å². The van der Waals surface area contributed by atoms with E-state index in [1.54, 1.807) is 11.9 Å². The molecule has 3 aromatic rings. The first-order chi connectivity index (χ1) is 13.3. The van der Waals surface area contributed by atoms with Crippen molar-refractivity contribution in [2.75, 3.05) is 11.9 Å². The number of fused-ring (bicyclic) bond motifs is 1. The van der Waals surface area contributed by atoms with Crippen molar-refractivity contribution in [1.82, 2.24) is 19.6 Å². The van der Waals surface area contributed by atoms with Crippen molar-refractivity contribution < 1.29 is 22.0 Å². The SMILES string of the molecule is CN(c1c(-c2c(F)c(F)c(F)c(F)c2F)c(Cl)nc2ncnn12)C1CCCC1. The number of rotatable bonds is 3. The fraction of sp³-hybridized carbons (Fsp3) is 0.353. The Balaban J connectivity index is 2.08. The number of aromatic nitrogens is 4. The Morgan fingerprint density at radius 3 is 2.14 bits per heavy atom. The molecule has 2 heterocycles. The van der Waals surface area contributed by atoms with E-state index in [9.17, 15) is 22.0 Å². The van der Waals surface area contributed by atoms with E-state index in [-0.39, 0.29) is 17.6 Å². The maximum Gasteiger partial charge on any atom is 0.255 e. The van der Waals surface area contributed by atoms with Crippen molar-refractivity contribution in [3.05, 3.63) is 40.6 Å². The van der Waals surface area contributed by atoms with Crippen LogP contribution in [-0.2, 0) is 0 Å². The van der Waals surface area contributed by atoms with Crippen LogP contribution in [0.25, 0.3) is 16.9 Å². The number of halogens is 6. The smallest absolute Gasteiger partial charge is 0.255 e. The summed E-state index contributed by atoms with van der Waals surface area (Å²) >= 11 is 6.15. The molecule has 0 atom stereocenters. The summed E-state index contributed by atoms with van der Waals surface area (Å²) in [6.45, 7) is 0. The molecule has 0 spiro atoms. The van der Waals surface area contributed by atoms with Gasteiger partial charge in [0.15, 0.2) is 23.3 Å². The number of nitrogens with zero attached hydrogens (tertiary/aromatic N) is 5. The average Bonchev–Trinajstić information content (AvgIpc) is 3.36. The van der Waals surface area contributed by atoms with Crippen LogP contribution in [0.3, 0.4) is 0 Å². The van der Waals surface area contributed by atoms with E-state index in [0.29, 0.717) is 0 Å². The summed E-state index contributed by atoms with van der Waals surface area (Å²) in [4.78, 5) is 9.49. The minimum absolute atomic E-state index is 0.0223. The van der Waals surface area contributed by atoms with Crippen LogP contribution in [0.5, 0.6) is 0 Å². The molecule has 1 fully saturated rings. The van der Waals surface area contributed by atoms with Crippen LogP contribution < -0.4 is 4.90 Å². The summed E-state index contributed by atoms with van der Waals surface area (Å²) < 4.78 is 71.4. The van der Waals surface area contributed by atoms with Crippen molar-refractivity contribution in [3.63, 3.8) is 0 Å². The normalized spacial score (nSPS) is 15.0. The van der Waals surface area contributed by atoms with Crippen molar-refractivity contribution >= 4 is 23.2 Å². The van der Waals surface area contributed by atoms with E-state index in [2.05, 4.69) is 15.1 Å². The Hall–Kier alpha value is -2.49. The fourth-order valence-electron chi connectivity index (χ4n) is 3.63. The first-order valence-electron chi connectivity index (χ1n) is 8.46. The molecule has 0 saturated heterocycles. The zero-order valence-electron chi connectivity index (χ0n) is 14.5. The Kier molecular flexibility index (Phi) is 4.60. The summed E-state index contributed by atoms with van der Waals surface area (Å²) in [5, 5.41) is 3.56. The largest absolute Gasteiger partial charge is 0.356 e. The van der Waals surface area contributed by atoms with Crippen LogP contribution in [0.2, 0.25) is 5.15 Å². The van der Waals surface area contributed by atoms with E-state index < -0.39 is 45.4 Å². The maximum atomic E-state index is 14.5. The highest BCUT2D eigenvalue weighted by Crippen LogP contribution is 2.42. The Morgan fingerprint density at radius 2 is 1.54 bits per heavy atom. The Bertz CT molecular complexity index is 1050. The van der Waals surface area contributed by atoms with Crippen molar-refractivity contribution in [2.24, 2.45) is 0 Å². The minimum atomic E-state index is -2.24. The first kappa shape index (κ1) is 18.9. The molecule has 0 unspecified atom stereocenters. The molecule has 1 saturated carbocycles. The third-order valence-electron chi connectivity index (χ3n) is 5.02. The second kappa shape index (κ2) is 6.84. The van der Waals surface area contributed by atoms with Crippen molar-refractivity contribution in [2.45, 2.75) is 31.7 Å². The molecule has 1 aromatic carbocycles. The summed E-state index contributed by atoms with van der Waals surface area (Å²) in [5.74, 6) is -10.2. The van der Waals surface area contributed by atoms with E-state index in [0.717, 1.165) is 32.0 Å². The number of anilines is 1. The third-order valence-corrected chi connectivity index (χ3v) is 5.30. The van der Waals surface area contributed by atoms with Crippen LogP contribution >= 0.6 is 11.6 Å². The van der Waals surface area contributed by atoms with Gasteiger partial charge >= 0.3 is 0 Å². The van der Waals surface area contributed by atoms with Gasteiger partial charge in [-0.05, 0) is 12.8 Å². The highest BCUT2D eigenvalue weighted by Gasteiger charge is 2.33. The lowest BCUT2D eigenvalue weighted by Gasteiger charge is -2.29. The fourth-order valence-corrected chi connectivity index (χ4v) is 3.89. The minimum Gasteiger partial charge on any atom is -0.356 e. The molecular weight excluding hydrogens is 405 g/mol. The first-order valence-corrected chi connectivity index (χ1v) is 8.84. The molecule has 0 amide bonds. The lowest BCUT2D eigenvalue weighted by molar-refractivity contribution is 0.381. The van der Waals surface area contributed by atoms with Gasteiger partial charge in [0.2, 0.25) is 5.82 Å². The molecule has 28 heavy (non-hydrogen) atoms. The average molecular weight is 418 g/mol. The van der Waals surface area contributed by atoms with E-state index in [4.69, 9.17) is 11.6 Å². The van der Waals surface area contributed by atoms with Gasteiger partial charge in [-0.25, -0.2) is 22.0 Å². The monoisotopic (exact) mass is 417 g/mol. The van der Waals surface area contributed by atoms with Gasteiger partial charge in [0, 0.05) is 13.1 Å². The van der Waals surface area contributed by atoms with E-state index in [1.807, 2.05) is 0 Å². The molecular formula is C17H13ClF5N5. The van der Waals surface area contributed by atoms with Gasteiger partial charge in [-0.1, -0.05) is 24.4 Å². The lowest BCUT2D eigenvalue weighted by Crippen LogP contribution is -2.31. The Morgan fingerprint density at radius 1 is 0.964 bits per heavy atom. The van der Waals surface area contributed by atoms with Gasteiger partial charge < -0.3 is 4.90 Å². The summed E-state index contributed by atoms with van der Waals surface area (Å²) in [5.41, 5.74) is -1.58. The summed E-state index contributed by atoms with van der Waals surface area (Å²) in [6, 6.07) is -0.0223. The second-order valence-corrected chi connectivity index (χ2v) is 6.93. The molecule has 0 aliphatic heterocycles. The molecule has 0 N–H and O–H groups in total. The van der Waals surface area contributed by atoms with Gasteiger partial charge in [-0.3, -0.25) is 0 Å². The molecule has 148 valence electrons. The molecule has 11 heteroatoms. The van der Waals surface area contributed by atoms with Gasteiger partial charge in [-0.15, -0.1) is 0 Å². The van der Waals surface area contributed by atoms with Crippen molar-refractivity contribution in [3.8, 4) is 11.1 Å². The van der Waals surface area contributed by atoms with Crippen LogP contribution in [0, 0.1) is 29.1 Å². The van der Waals surface area contributed by atoms with E-state index in [1.165, 1.54) is 4.52 Å². The topological polar surface area (TPSA) is 46.3 Å². The summed E-state index contributed by atoms with van der Waals surface area (Å²) in [7, 11) is 1.65. The van der Waals surface area contributed by atoms with Crippen molar-refractivity contribution in [1.29, 1.82) is 0 Å². The van der Waals surface area contributed by atoms with E-state index >= 15 is 0 Å². The standard InChI is InChI=1S/C17H13ClF5N5/c1-27(7-4-2-3-5-7)16-9(15(18)26-17-24-6-25-28(16)17)8-10(19)12(21)14(23)13(22)11(8)20/h6-7H,2-5H2,1H3. The molecule has 0 radical (unpaired) electrons. The van der Waals surface area contributed by atoms with Gasteiger partial charge in [0.05, 0.1) is 11.1 Å². The zero-order valence-corrected chi connectivity index (χ0v) is 15.2. The highest BCUT2D eigenvalue weighted by molar-refractivity contribution is 6.33. The van der Waals surface area contributed by atoms with Gasteiger partial charge in [0.25, 0.3) is 5.78 Å². The summed E-state index contributed by atoms with van der Waals surface area (Å²) in [6.07, 6.45) is 4.65. The predicted molar refractivity (Wildman–Crippen MR) is 91.7 cm³/mol. The zero-order chi connectivity index (χ0) is 20.2. The lowest BCUT2D eigenvalue weighted by atomic mass is 10.0.